The van der Waals surface area contributed by atoms with Crippen LogP contribution in [0.4, 0.5) is 0 Å². The molecule has 0 spiro atoms. The maximum atomic E-state index is 11.7. The molecule has 0 aromatic carbocycles. The third-order valence-corrected chi connectivity index (χ3v) is 4.86. The second kappa shape index (κ2) is 8.56. The van der Waals surface area contributed by atoms with Gasteiger partial charge in [-0.1, -0.05) is 23.1 Å². The van der Waals surface area contributed by atoms with Gasteiger partial charge >= 0.3 is 0 Å². The Bertz CT molecular complexity index is 421. The molecule has 2 N–H and O–H groups in total. The number of amides is 1. The summed E-state index contributed by atoms with van der Waals surface area (Å²) >= 11 is 3.30. The molecule has 0 bridgehead atoms. The number of ether oxygens (including phenoxy) is 1. The maximum absolute atomic E-state index is 11.7. The lowest BCUT2D eigenvalue weighted by Gasteiger charge is -2.23. The third-order valence-electron chi connectivity index (χ3n) is 2.81. The highest BCUT2D eigenvalue weighted by Gasteiger charge is 2.16. The van der Waals surface area contributed by atoms with E-state index < -0.39 is 0 Å². The first-order chi connectivity index (χ1) is 9.74. The van der Waals surface area contributed by atoms with E-state index in [9.17, 15) is 4.79 Å². The monoisotopic (exact) mass is 316 g/mol. The van der Waals surface area contributed by atoms with Crippen molar-refractivity contribution in [3.05, 3.63) is 5.01 Å². The van der Waals surface area contributed by atoms with Crippen LogP contribution in [0.2, 0.25) is 0 Å². The highest BCUT2D eigenvalue weighted by Crippen LogP contribution is 2.21. The molecule has 20 heavy (non-hydrogen) atoms. The van der Waals surface area contributed by atoms with Gasteiger partial charge in [-0.05, 0) is 13.3 Å². The maximum Gasteiger partial charge on any atom is 0.221 e. The molecule has 112 valence electrons. The Balaban J connectivity index is 1.50. The number of carbonyl (C=O) groups excluding carboxylic acids is 1. The summed E-state index contributed by atoms with van der Waals surface area (Å²) in [5, 5.41) is 15.2. The van der Waals surface area contributed by atoms with Crippen molar-refractivity contribution in [1.82, 2.24) is 20.8 Å². The molecular weight excluding hydrogens is 296 g/mol. The number of hydrogen-bond acceptors (Lipinski definition) is 7. The Morgan fingerprint density at radius 2 is 2.50 bits per heavy atom. The fourth-order valence-corrected chi connectivity index (χ4v) is 3.67. The van der Waals surface area contributed by atoms with E-state index in [1.165, 1.54) is 0 Å². The summed E-state index contributed by atoms with van der Waals surface area (Å²) in [5.74, 6) is 1.03. The van der Waals surface area contributed by atoms with Crippen LogP contribution < -0.4 is 10.6 Å². The summed E-state index contributed by atoms with van der Waals surface area (Å²) in [5.41, 5.74) is 0. The van der Waals surface area contributed by atoms with E-state index >= 15 is 0 Å². The number of aromatic nitrogens is 2. The number of nitrogens with zero attached hydrogens (tertiary/aromatic N) is 2. The Morgan fingerprint density at radius 1 is 1.60 bits per heavy atom. The van der Waals surface area contributed by atoms with Crippen LogP contribution in [0, 0.1) is 6.92 Å². The molecule has 0 radical (unpaired) electrons. The van der Waals surface area contributed by atoms with Crippen LogP contribution >= 0.6 is 23.1 Å². The lowest BCUT2D eigenvalue weighted by atomic mass is 10.2. The van der Waals surface area contributed by atoms with Gasteiger partial charge < -0.3 is 15.4 Å². The van der Waals surface area contributed by atoms with Crippen molar-refractivity contribution in [3.8, 4) is 0 Å². The van der Waals surface area contributed by atoms with E-state index in [0.717, 1.165) is 34.7 Å². The molecule has 1 fully saturated rings. The van der Waals surface area contributed by atoms with E-state index in [1.807, 2.05) is 6.92 Å². The van der Waals surface area contributed by atoms with Crippen LogP contribution in [0.1, 0.15) is 17.8 Å². The lowest BCUT2D eigenvalue weighted by molar-refractivity contribution is -0.122. The molecule has 1 aliphatic heterocycles. The zero-order chi connectivity index (χ0) is 14.2. The fraction of sp³-hybridized carbons (Fsp3) is 0.750. The Hall–Kier alpha value is -0.700. The molecule has 8 heteroatoms. The number of aryl methyl sites for hydroxylation is 1. The molecule has 0 aliphatic carbocycles. The molecule has 0 unspecified atom stereocenters. The molecule has 1 aromatic rings. The number of rotatable bonds is 7. The zero-order valence-electron chi connectivity index (χ0n) is 11.6. The van der Waals surface area contributed by atoms with Gasteiger partial charge in [-0.3, -0.25) is 4.79 Å². The van der Waals surface area contributed by atoms with E-state index in [4.69, 9.17) is 4.74 Å². The quantitative estimate of drug-likeness (QED) is 0.573. The van der Waals surface area contributed by atoms with Gasteiger partial charge in [0.1, 0.15) is 5.01 Å². The lowest BCUT2D eigenvalue weighted by Crippen LogP contribution is -2.44. The highest BCUT2D eigenvalue weighted by atomic mass is 32.2. The number of morpholine rings is 1. The van der Waals surface area contributed by atoms with E-state index in [-0.39, 0.29) is 11.9 Å². The summed E-state index contributed by atoms with van der Waals surface area (Å²) in [6.45, 7) is 4.85. The van der Waals surface area contributed by atoms with Gasteiger partial charge in [-0.25, -0.2) is 0 Å². The van der Waals surface area contributed by atoms with Crippen LogP contribution in [-0.4, -0.2) is 54.2 Å². The average Bonchev–Trinajstić information content (AvgIpc) is 2.85. The number of carbonyl (C=O) groups is 1. The minimum atomic E-state index is 0.0877. The minimum Gasteiger partial charge on any atom is -0.378 e. The molecular formula is C12H20N4O2S2. The van der Waals surface area contributed by atoms with Crippen LogP contribution in [0.3, 0.4) is 0 Å². The SMILES string of the molecule is Cc1nnc(SCCCNC(=O)C[C@H]2COCCN2)s1. The highest BCUT2D eigenvalue weighted by molar-refractivity contribution is 8.01. The summed E-state index contributed by atoms with van der Waals surface area (Å²) < 4.78 is 6.32. The van der Waals surface area contributed by atoms with Crippen molar-refractivity contribution in [3.63, 3.8) is 0 Å². The average molecular weight is 316 g/mol. The van der Waals surface area contributed by atoms with Gasteiger partial charge in [-0.15, -0.1) is 10.2 Å². The smallest absolute Gasteiger partial charge is 0.221 e. The fourth-order valence-electron chi connectivity index (χ4n) is 1.84. The molecule has 0 saturated carbocycles. The van der Waals surface area contributed by atoms with Crippen LogP contribution in [-0.2, 0) is 9.53 Å². The molecule has 2 heterocycles. The standard InChI is InChI=1S/C12H20N4O2S2/c1-9-15-16-12(20-9)19-6-2-3-14-11(17)7-10-8-18-5-4-13-10/h10,13H,2-8H2,1H3,(H,14,17)/t10-/m0/s1. The molecule has 1 atom stereocenters. The Morgan fingerprint density at radius 3 is 3.20 bits per heavy atom. The first kappa shape index (κ1) is 15.7. The molecule has 1 amide bonds. The van der Waals surface area contributed by atoms with Crippen molar-refractivity contribution in [2.75, 3.05) is 32.1 Å². The predicted molar refractivity (Wildman–Crippen MR) is 80.2 cm³/mol. The number of thioether (sulfide) groups is 1. The first-order valence-corrected chi connectivity index (χ1v) is 8.55. The van der Waals surface area contributed by atoms with Gasteiger partial charge in [0.25, 0.3) is 0 Å². The van der Waals surface area contributed by atoms with Crippen molar-refractivity contribution >= 4 is 29.0 Å². The zero-order valence-corrected chi connectivity index (χ0v) is 13.2. The van der Waals surface area contributed by atoms with E-state index in [0.29, 0.717) is 19.6 Å². The predicted octanol–water partition coefficient (Wildman–Crippen LogP) is 0.823. The normalized spacial score (nSPS) is 18.9. The van der Waals surface area contributed by atoms with Crippen molar-refractivity contribution < 1.29 is 9.53 Å². The molecule has 2 rings (SSSR count). The molecule has 1 aromatic heterocycles. The Labute approximate surface area is 127 Å². The number of hydrogen-bond donors (Lipinski definition) is 2. The van der Waals surface area contributed by atoms with Crippen LogP contribution in [0.15, 0.2) is 4.34 Å². The van der Waals surface area contributed by atoms with Crippen LogP contribution in [0.5, 0.6) is 0 Å². The number of nitrogens with one attached hydrogen (secondary N) is 2. The summed E-state index contributed by atoms with van der Waals surface area (Å²) in [7, 11) is 0. The van der Waals surface area contributed by atoms with Gasteiger partial charge in [0.2, 0.25) is 5.91 Å². The first-order valence-electron chi connectivity index (χ1n) is 6.75. The molecule has 6 nitrogen and oxygen atoms in total. The van der Waals surface area contributed by atoms with Gasteiger partial charge in [0, 0.05) is 31.3 Å². The largest absolute Gasteiger partial charge is 0.378 e. The Kier molecular flexibility index (Phi) is 6.71. The molecule has 1 aliphatic rings. The summed E-state index contributed by atoms with van der Waals surface area (Å²) in [6, 6.07) is 0.155. The second-order valence-electron chi connectivity index (χ2n) is 4.57. The second-order valence-corrected chi connectivity index (χ2v) is 7.09. The summed E-state index contributed by atoms with van der Waals surface area (Å²) in [4.78, 5) is 11.7. The van der Waals surface area contributed by atoms with Crippen molar-refractivity contribution in [2.24, 2.45) is 0 Å². The third kappa shape index (κ3) is 5.74. The van der Waals surface area contributed by atoms with Crippen molar-refractivity contribution in [2.45, 2.75) is 30.1 Å². The molecule has 1 saturated heterocycles. The van der Waals surface area contributed by atoms with Crippen LogP contribution in [0.25, 0.3) is 0 Å². The van der Waals surface area contributed by atoms with Gasteiger partial charge in [0.15, 0.2) is 4.34 Å². The van der Waals surface area contributed by atoms with Gasteiger partial charge in [-0.2, -0.15) is 0 Å². The van der Waals surface area contributed by atoms with E-state index in [1.54, 1.807) is 23.1 Å². The topological polar surface area (TPSA) is 76.1 Å². The van der Waals surface area contributed by atoms with E-state index in [2.05, 4.69) is 20.8 Å². The summed E-state index contributed by atoms with van der Waals surface area (Å²) in [6.07, 6.45) is 1.42. The van der Waals surface area contributed by atoms with Gasteiger partial charge in [0.05, 0.1) is 13.2 Å². The van der Waals surface area contributed by atoms with Crippen molar-refractivity contribution in [1.29, 1.82) is 0 Å². The minimum absolute atomic E-state index is 0.0877.